The highest BCUT2D eigenvalue weighted by Crippen LogP contribution is 2.33. The van der Waals surface area contributed by atoms with Gasteiger partial charge in [-0.25, -0.2) is 0 Å². The lowest BCUT2D eigenvalue weighted by Gasteiger charge is -2.23. The predicted molar refractivity (Wildman–Crippen MR) is 63.6 cm³/mol. The molecule has 0 saturated carbocycles. The van der Waals surface area contributed by atoms with Crippen LogP contribution >= 0.6 is 15.9 Å². The number of nitrogens with two attached hydrogens (primary N) is 1. The van der Waals surface area contributed by atoms with E-state index in [0.717, 1.165) is 0 Å². The quantitative estimate of drug-likeness (QED) is 0.791. The first-order valence-corrected chi connectivity index (χ1v) is 5.65. The van der Waals surface area contributed by atoms with E-state index in [1.54, 1.807) is 18.2 Å². The number of rotatable bonds is 3. The molecular weight excluding hydrogens is 258 g/mol. The molecule has 84 valence electrons. The summed E-state index contributed by atoms with van der Waals surface area (Å²) in [4.78, 5) is 0. The van der Waals surface area contributed by atoms with Crippen LogP contribution in [0.25, 0.3) is 0 Å². The van der Waals surface area contributed by atoms with E-state index in [0.29, 0.717) is 10.0 Å². The van der Waals surface area contributed by atoms with Gasteiger partial charge in [0.15, 0.2) is 0 Å². The summed E-state index contributed by atoms with van der Waals surface area (Å²) in [5.74, 6) is 0.156. The molecule has 0 fully saturated rings. The van der Waals surface area contributed by atoms with Crippen LogP contribution in [-0.4, -0.2) is 16.3 Å². The Hall–Kier alpha value is -0.580. The fraction of sp³-hybridized carbons (Fsp3) is 0.455. The fourth-order valence-corrected chi connectivity index (χ4v) is 1.78. The zero-order valence-electron chi connectivity index (χ0n) is 8.81. The Morgan fingerprint density at radius 3 is 2.47 bits per heavy atom. The molecule has 0 radical (unpaired) electrons. The van der Waals surface area contributed by atoms with Gasteiger partial charge in [0.05, 0.1) is 16.6 Å². The van der Waals surface area contributed by atoms with Crippen molar-refractivity contribution in [2.75, 3.05) is 0 Å². The minimum Gasteiger partial charge on any atom is -0.506 e. The number of halogens is 1. The largest absolute Gasteiger partial charge is 0.506 e. The molecule has 15 heavy (non-hydrogen) atoms. The number of phenols is 1. The molecule has 0 spiro atoms. The van der Waals surface area contributed by atoms with E-state index in [1.807, 2.05) is 13.8 Å². The summed E-state index contributed by atoms with van der Waals surface area (Å²) >= 11 is 3.21. The molecule has 2 atom stereocenters. The van der Waals surface area contributed by atoms with Gasteiger partial charge in [-0.05, 0) is 27.9 Å². The van der Waals surface area contributed by atoms with Crippen molar-refractivity contribution in [3.05, 3.63) is 28.2 Å². The molecule has 1 aromatic carbocycles. The van der Waals surface area contributed by atoms with Crippen molar-refractivity contribution in [2.24, 2.45) is 11.7 Å². The van der Waals surface area contributed by atoms with Gasteiger partial charge >= 0.3 is 0 Å². The maximum atomic E-state index is 9.81. The Morgan fingerprint density at radius 1 is 1.33 bits per heavy atom. The van der Waals surface area contributed by atoms with E-state index in [9.17, 15) is 10.2 Å². The normalized spacial score (nSPS) is 15.3. The molecule has 3 nitrogen and oxygen atoms in total. The van der Waals surface area contributed by atoms with Crippen molar-refractivity contribution in [1.82, 2.24) is 0 Å². The molecule has 0 amide bonds. The highest BCUT2D eigenvalue weighted by molar-refractivity contribution is 9.10. The SMILES string of the molecule is CC(C)[C@@H](O)[C@@H](N)c1cccc(Br)c1O. The molecule has 0 unspecified atom stereocenters. The summed E-state index contributed by atoms with van der Waals surface area (Å²) in [6.07, 6.45) is -0.662. The maximum absolute atomic E-state index is 9.81. The Morgan fingerprint density at radius 2 is 1.93 bits per heavy atom. The van der Waals surface area contributed by atoms with Gasteiger partial charge in [-0.3, -0.25) is 0 Å². The average molecular weight is 274 g/mol. The third-order valence-corrected chi connectivity index (χ3v) is 3.07. The number of hydrogen-bond donors (Lipinski definition) is 3. The van der Waals surface area contributed by atoms with Gasteiger partial charge in [-0.15, -0.1) is 0 Å². The van der Waals surface area contributed by atoms with Crippen LogP contribution < -0.4 is 5.73 Å². The second-order valence-corrected chi connectivity index (χ2v) is 4.79. The first-order chi connectivity index (χ1) is 6.95. The number of aliphatic hydroxyl groups excluding tert-OH is 1. The molecule has 0 bridgehead atoms. The van der Waals surface area contributed by atoms with Crippen molar-refractivity contribution in [3.8, 4) is 5.75 Å². The lowest BCUT2D eigenvalue weighted by molar-refractivity contribution is 0.0969. The van der Waals surface area contributed by atoms with E-state index >= 15 is 0 Å². The van der Waals surface area contributed by atoms with Crippen LogP contribution in [-0.2, 0) is 0 Å². The highest BCUT2D eigenvalue weighted by atomic mass is 79.9. The van der Waals surface area contributed by atoms with Crippen LogP contribution in [0.1, 0.15) is 25.5 Å². The van der Waals surface area contributed by atoms with Crippen molar-refractivity contribution in [2.45, 2.75) is 26.0 Å². The van der Waals surface area contributed by atoms with Crippen LogP contribution in [0.2, 0.25) is 0 Å². The lowest BCUT2D eigenvalue weighted by Crippen LogP contribution is -2.30. The minimum atomic E-state index is -0.662. The van der Waals surface area contributed by atoms with Crippen LogP contribution in [0.5, 0.6) is 5.75 Å². The predicted octanol–water partition coefficient (Wildman–Crippen LogP) is 2.17. The number of aromatic hydroxyl groups is 1. The third kappa shape index (κ3) is 2.71. The molecule has 0 heterocycles. The van der Waals surface area contributed by atoms with Crippen molar-refractivity contribution >= 4 is 15.9 Å². The molecular formula is C11H16BrNO2. The van der Waals surface area contributed by atoms with E-state index in [2.05, 4.69) is 15.9 Å². The van der Waals surface area contributed by atoms with Crippen molar-refractivity contribution < 1.29 is 10.2 Å². The first-order valence-electron chi connectivity index (χ1n) is 4.86. The zero-order chi connectivity index (χ0) is 11.6. The van der Waals surface area contributed by atoms with Crippen LogP contribution in [0, 0.1) is 5.92 Å². The second kappa shape index (κ2) is 4.96. The molecule has 0 aliphatic carbocycles. The summed E-state index contributed by atoms with van der Waals surface area (Å²) < 4.78 is 0.589. The fourth-order valence-electron chi connectivity index (χ4n) is 1.40. The summed E-state index contributed by atoms with van der Waals surface area (Å²) in [5.41, 5.74) is 6.44. The zero-order valence-corrected chi connectivity index (χ0v) is 10.4. The summed E-state index contributed by atoms with van der Waals surface area (Å²) in [5, 5.41) is 19.6. The Kier molecular flexibility index (Phi) is 4.13. The van der Waals surface area contributed by atoms with Gasteiger partial charge in [-0.2, -0.15) is 0 Å². The highest BCUT2D eigenvalue weighted by Gasteiger charge is 2.23. The number of phenolic OH excluding ortho intramolecular Hbond substituents is 1. The van der Waals surface area contributed by atoms with Gasteiger partial charge in [0, 0.05) is 5.56 Å². The molecule has 1 rings (SSSR count). The summed E-state index contributed by atoms with van der Waals surface area (Å²) in [6.45, 7) is 3.78. The van der Waals surface area contributed by atoms with Gasteiger partial charge < -0.3 is 15.9 Å². The van der Waals surface area contributed by atoms with E-state index in [1.165, 1.54) is 0 Å². The lowest BCUT2D eigenvalue weighted by atomic mass is 9.94. The second-order valence-electron chi connectivity index (χ2n) is 3.94. The van der Waals surface area contributed by atoms with Crippen LogP contribution in [0.15, 0.2) is 22.7 Å². The Balaban J connectivity index is 3.01. The molecule has 4 N–H and O–H groups in total. The Bertz CT molecular complexity index is 341. The number of para-hydroxylation sites is 1. The molecule has 0 aliphatic rings. The third-order valence-electron chi connectivity index (χ3n) is 2.43. The van der Waals surface area contributed by atoms with E-state index in [-0.39, 0.29) is 11.7 Å². The number of benzene rings is 1. The smallest absolute Gasteiger partial charge is 0.134 e. The maximum Gasteiger partial charge on any atom is 0.134 e. The van der Waals surface area contributed by atoms with Crippen molar-refractivity contribution in [3.63, 3.8) is 0 Å². The average Bonchev–Trinajstić information content (AvgIpc) is 2.20. The van der Waals surface area contributed by atoms with Gasteiger partial charge in [0.25, 0.3) is 0 Å². The van der Waals surface area contributed by atoms with Crippen LogP contribution in [0.3, 0.4) is 0 Å². The van der Waals surface area contributed by atoms with Gasteiger partial charge in [0.2, 0.25) is 0 Å². The molecule has 4 heteroatoms. The molecule has 0 saturated heterocycles. The number of aliphatic hydroxyl groups is 1. The molecule has 0 aliphatic heterocycles. The number of hydrogen-bond acceptors (Lipinski definition) is 3. The topological polar surface area (TPSA) is 66.5 Å². The van der Waals surface area contributed by atoms with Gasteiger partial charge in [0.1, 0.15) is 5.75 Å². The van der Waals surface area contributed by atoms with Crippen LogP contribution in [0.4, 0.5) is 0 Å². The molecule has 0 aromatic heterocycles. The standard InChI is InChI=1S/C11H16BrNO2/c1-6(2)10(14)9(13)7-4-3-5-8(12)11(7)15/h3-6,9-10,14-15H,13H2,1-2H3/t9-,10+/m0/s1. The monoisotopic (exact) mass is 273 g/mol. The molecule has 1 aromatic rings. The first kappa shape index (κ1) is 12.5. The summed E-state index contributed by atoms with van der Waals surface area (Å²) in [6, 6.07) is 4.66. The van der Waals surface area contributed by atoms with Crippen molar-refractivity contribution in [1.29, 1.82) is 0 Å². The minimum absolute atomic E-state index is 0.0541. The van der Waals surface area contributed by atoms with Gasteiger partial charge in [-0.1, -0.05) is 26.0 Å². The van der Waals surface area contributed by atoms with E-state index in [4.69, 9.17) is 5.73 Å². The Labute approximate surface area is 98.1 Å². The summed E-state index contributed by atoms with van der Waals surface area (Å²) in [7, 11) is 0. The van der Waals surface area contributed by atoms with E-state index < -0.39 is 12.1 Å².